The zero-order valence-electron chi connectivity index (χ0n) is 11.8. The van der Waals surface area contributed by atoms with Gasteiger partial charge in [0.05, 0.1) is 0 Å². The van der Waals surface area contributed by atoms with Crippen LogP contribution in [0.4, 0.5) is 0 Å². The SMILES string of the molecule is CC#CCCC(N)C1(N(CC)CC)CCCC1. The van der Waals surface area contributed by atoms with Gasteiger partial charge in [0, 0.05) is 18.0 Å². The van der Waals surface area contributed by atoms with Gasteiger partial charge < -0.3 is 5.73 Å². The van der Waals surface area contributed by atoms with E-state index < -0.39 is 0 Å². The van der Waals surface area contributed by atoms with Crippen molar-refractivity contribution >= 4 is 0 Å². The molecule has 2 N–H and O–H groups in total. The van der Waals surface area contributed by atoms with Gasteiger partial charge in [0.1, 0.15) is 0 Å². The van der Waals surface area contributed by atoms with E-state index in [9.17, 15) is 0 Å². The van der Waals surface area contributed by atoms with E-state index in [0.29, 0.717) is 0 Å². The fraction of sp³-hybridized carbons (Fsp3) is 0.867. The molecule has 1 aliphatic carbocycles. The minimum Gasteiger partial charge on any atom is -0.326 e. The highest BCUT2D eigenvalue weighted by molar-refractivity contribution is 5.04. The number of likely N-dealkylation sites (N-methyl/N-ethyl adjacent to an activating group) is 1. The average Bonchev–Trinajstić information content (AvgIpc) is 2.81. The Balaban J connectivity index is 2.71. The molecule has 98 valence electrons. The Morgan fingerprint density at radius 2 is 1.82 bits per heavy atom. The summed E-state index contributed by atoms with van der Waals surface area (Å²) in [7, 11) is 0. The van der Waals surface area contributed by atoms with Gasteiger partial charge in [0.2, 0.25) is 0 Å². The second-order valence-electron chi connectivity index (χ2n) is 5.05. The molecule has 17 heavy (non-hydrogen) atoms. The Bertz CT molecular complexity index is 264. The lowest BCUT2D eigenvalue weighted by Gasteiger charge is -2.44. The van der Waals surface area contributed by atoms with Crippen molar-refractivity contribution in [2.45, 2.75) is 70.9 Å². The molecular formula is C15H28N2. The fourth-order valence-corrected chi connectivity index (χ4v) is 3.38. The molecule has 2 nitrogen and oxygen atoms in total. The number of rotatable bonds is 6. The third-order valence-corrected chi connectivity index (χ3v) is 4.31. The highest BCUT2D eigenvalue weighted by atomic mass is 15.2. The lowest BCUT2D eigenvalue weighted by Crippen LogP contribution is -2.58. The molecule has 1 rings (SSSR count). The maximum atomic E-state index is 6.50. The van der Waals surface area contributed by atoms with Crippen LogP contribution >= 0.6 is 0 Å². The molecule has 1 unspecified atom stereocenters. The molecule has 0 saturated heterocycles. The van der Waals surface area contributed by atoms with E-state index in [1.165, 1.54) is 25.7 Å². The summed E-state index contributed by atoms with van der Waals surface area (Å²) < 4.78 is 0. The molecule has 2 heteroatoms. The Hall–Kier alpha value is -0.520. The maximum Gasteiger partial charge on any atom is 0.0360 e. The van der Waals surface area contributed by atoms with Crippen molar-refractivity contribution in [2.75, 3.05) is 13.1 Å². The molecule has 1 atom stereocenters. The number of hydrogen-bond donors (Lipinski definition) is 1. The highest BCUT2D eigenvalue weighted by Crippen LogP contribution is 2.38. The first-order chi connectivity index (χ1) is 8.21. The molecule has 0 bridgehead atoms. The third kappa shape index (κ3) is 3.24. The van der Waals surface area contributed by atoms with Gasteiger partial charge in [-0.05, 0) is 39.3 Å². The van der Waals surface area contributed by atoms with E-state index in [-0.39, 0.29) is 11.6 Å². The smallest absolute Gasteiger partial charge is 0.0360 e. The first-order valence-electron chi connectivity index (χ1n) is 7.11. The van der Waals surface area contributed by atoms with Crippen LogP contribution in [0, 0.1) is 11.8 Å². The van der Waals surface area contributed by atoms with Crippen LogP contribution in [-0.4, -0.2) is 29.6 Å². The van der Waals surface area contributed by atoms with E-state index in [1.54, 1.807) is 0 Å². The Labute approximate surface area is 107 Å². The van der Waals surface area contributed by atoms with Crippen molar-refractivity contribution in [3.63, 3.8) is 0 Å². The predicted octanol–water partition coefficient (Wildman–Crippen LogP) is 2.77. The van der Waals surface area contributed by atoms with Crippen molar-refractivity contribution in [3.8, 4) is 11.8 Å². The summed E-state index contributed by atoms with van der Waals surface area (Å²) in [5, 5.41) is 0. The molecule has 1 fully saturated rings. The molecule has 0 aromatic heterocycles. The number of nitrogens with two attached hydrogens (primary N) is 1. The molecule has 0 aromatic rings. The van der Waals surface area contributed by atoms with Gasteiger partial charge in [-0.1, -0.05) is 26.7 Å². The normalized spacial score (nSPS) is 20.1. The van der Waals surface area contributed by atoms with Crippen LogP contribution in [0.15, 0.2) is 0 Å². The molecule has 0 radical (unpaired) electrons. The summed E-state index contributed by atoms with van der Waals surface area (Å²) in [4.78, 5) is 2.59. The monoisotopic (exact) mass is 236 g/mol. The molecule has 1 aliphatic rings. The zero-order valence-corrected chi connectivity index (χ0v) is 11.8. The highest BCUT2D eigenvalue weighted by Gasteiger charge is 2.42. The van der Waals surface area contributed by atoms with Crippen molar-refractivity contribution < 1.29 is 0 Å². The van der Waals surface area contributed by atoms with Gasteiger partial charge in [-0.15, -0.1) is 11.8 Å². The molecule has 0 spiro atoms. The fourth-order valence-electron chi connectivity index (χ4n) is 3.38. The van der Waals surface area contributed by atoms with E-state index in [0.717, 1.165) is 25.9 Å². The van der Waals surface area contributed by atoms with Crippen molar-refractivity contribution in [2.24, 2.45) is 5.73 Å². The van der Waals surface area contributed by atoms with E-state index in [2.05, 4.69) is 30.6 Å². The maximum absolute atomic E-state index is 6.50. The van der Waals surface area contributed by atoms with Gasteiger partial charge in [0.25, 0.3) is 0 Å². The number of hydrogen-bond acceptors (Lipinski definition) is 2. The summed E-state index contributed by atoms with van der Waals surface area (Å²) in [6, 6.07) is 0.283. The second-order valence-corrected chi connectivity index (χ2v) is 5.05. The zero-order chi connectivity index (χ0) is 12.7. The second kappa shape index (κ2) is 7.03. The minimum atomic E-state index is 0.263. The van der Waals surface area contributed by atoms with Crippen molar-refractivity contribution in [1.82, 2.24) is 4.90 Å². The van der Waals surface area contributed by atoms with Crippen LogP contribution in [0.25, 0.3) is 0 Å². The molecule has 0 aliphatic heterocycles. The molecule has 0 aromatic carbocycles. The average molecular weight is 236 g/mol. The predicted molar refractivity (Wildman–Crippen MR) is 74.8 cm³/mol. The number of nitrogens with zero attached hydrogens (tertiary/aromatic N) is 1. The molecule has 0 amide bonds. The van der Waals surface area contributed by atoms with E-state index >= 15 is 0 Å². The van der Waals surface area contributed by atoms with Crippen LogP contribution < -0.4 is 5.73 Å². The van der Waals surface area contributed by atoms with Crippen molar-refractivity contribution in [3.05, 3.63) is 0 Å². The van der Waals surface area contributed by atoms with Crippen LogP contribution in [0.2, 0.25) is 0 Å². The van der Waals surface area contributed by atoms with Crippen LogP contribution in [0.3, 0.4) is 0 Å². The lowest BCUT2D eigenvalue weighted by molar-refractivity contribution is 0.0747. The van der Waals surface area contributed by atoms with E-state index in [1.807, 2.05) is 6.92 Å². The van der Waals surface area contributed by atoms with Crippen LogP contribution in [0.1, 0.15) is 59.3 Å². The van der Waals surface area contributed by atoms with Gasteiger partial charge in [0.15, 0.2) is 0 Å². The van der Waals surface area contributed by atoms with Gasteiger partial charge >= 0.3 is 0 Å². The summed E-state index contributed by atoms with van der Waals surface area (Å²) in [5.41, 5.74) is 6.76. The summed E-state index contributed by atoms with van der Waals surface area (Å²) >= 11 is 0. The quantitative estimate of drug-likeness (QED) is 0.719. The summed E-state index contributed by atoms with van der Waals surface area (Å²) in [6.45, 7) is 8.64. The summed E-state index contributed by atoms with van der Waals surface area (Å²) in [5.74, 6) is 6.11. The van der Waals surface area contributed by atoms with Gasteiger partial charge in [-0.2, -0.15) is 0 Å². The third-order valence-electron chi connectivity index (χ3n) is 4.31. The Morgan fingerprint density at radius 3 is 2.29 bits per heavy atom. The topological polar surface area (TPSA) is 29.3 Å². The lowest BCUT2D eigenvalue weighted by atomic mass is 9.84. The first kappa shape index (κ1) is 14.5. The largest absolute Gasteiger partial charge is 0.326 e. The molecular weight excluding hydrogens is 208 g/mol. The van der Waals surface area contributed by atoms with Gasteiger partial charge in [-0.25, -0.2) is 0 Å². The Morgan fingerprint density at radius 1 is 1.24 bits per heavy atom. The van der Waals surface area contributed by atoms with Crippen LogP contribution in [-0.2, 0) is 0 Å². The van der Waals surface area contributed by atoms with Crippen molar-refractivity contribution in [1.29, 1.82) is 0 Å². The standard InChI is InChI=1S/C15H28N2/c1-4-7-8-11-14(16)15(12-9-10-13-15)17(5-2)6-3/h14H,5-6,8-13,16H2,1-3H3. The molecule has 0 heterocycles. The minimum absolute atomic E-state index is 0.263. The van der Waals surface area contributed by atoms with Crippen LogP contribution in [0.5, 0.6) is 0 Å². The van der Waals surface area contributed by atoms with E-state index in [4.69, 9.17) is 5.73 Å². The summed E-state index contributed by atoms with van der Waals surface area (Å²) in [6.07, 6.45) is 7.20. The van der Waals surface area contributed by atoms with Gasteiger partial charge in [-0.3, -0.25) is 4.90 Å². The molecule has 1 saturated carbocycles. The first-order valence-corrected chi connectivity index (χ1v) is 7.11. The Kier molecular flexibility index (Phi) is 6.02.